The van der Waals surface area contributed by atoms with Crippen molar-refractivity contribution >= 4 is 5.91 Å². The highest BCUT2D eigenvalue weighted by Gasteiger charge is 2.23. The van der Waals surface area contributed by atoms with Crippen molar-refractivity contribution in [2.45, 2.75) is 71.9 Å². The summed E-state index contributed by atoms with van der Waals surface area (Å²) in [5.41, 5.74) is 3.34. The summed E-state index contributed by atoms with van der Waals surface area (Å²) in [5, 5.41) is 7.12. The summed E-state index contributed by atoms with van der Waals surface area (Å²) in [4.78, 5) is 12.7. The second-order valence-electron chi connectivity index (χ2n) is 7.21. The molecule has 1 aliphatic rings. The van der Waals surface area contributed by atoms with Crippen LogP contribution < -0.4 is 10.1 Å². The van der Waals surface area contributed by atoms with Crippen LogP contribution >= 0.6 is 0 Å². The van der Waals surface area contributed by atoms with Crippen LogP contribution in [0.3, 0.4) is 0 Å². The molecular weight excluding hydrogens is 328 g/mol. The van der Waals surface area contributed by atoms with E-state index in [0.717, 1.165) is 29.7 Å². The first-order valence-corrected chi connectivity index (χ1v) is 9.51. The molecule has 1 fully saturated rings. The fourth-order valence-corrected chi connectivity index (χ4v) is 3.45. The molecule has 1 saturated carbocycles. The van der Waals surface area contributed by atoms with Gasteiger partial charge in [-0.3, -0.25) is 4.79 Å². The Kier molecular flexibility index (Phi) is 5.96. The van der Waals surface area contributed by atoms with Crippen molar-refractivity contribution in [3.8, 4) is 5.75 Å². The van der Waals surface area contributed by atoms with Crippen LogP contribution in [-0.2, 0) is 6.61 Å². The van der Waals surface area contributed by atoms with E-state index in [9.17, 15) is 4.79 Å². The second kappa shape index (κ2) is 8.39. The van der Waals surface area contributed by atoms with E-state index in [4.69, 9.17) is 9.26 Å². The van der Waals surface area contributed by atoms with Gasteiger partial charge in [-0.2, -0.15) is 0 Å². The van der Waals surface area contributed by atoms with Crippen molar-refractivity contribution in [2.75, 3.05) is 0 Å². The van der Waals surface area contributed by atoms with E-state index in [-0.39, 0.29) is 18.6 Å². The van der Waals surface area contributed by atoms with E-state index in [1.54, 1.807) is 0 Å². The maximum absolute atomic E-state index is 12.7. The van der Waals surface area contributed by atoms with E-state index in [2.05, 4.69) is 23.5 Å². The van der Waals surface area contributed by atoms with Gasteiger partial charge in [-0.1, -0.05) is 43.0 Å². The van der Waals surface area contributed by atoms with Crippen LogP contribution in [0.2, 0.25) is 0 Å². The minimum absolute atomic E-state index is 0.159. The Morgan fingerprint density at radius 3 is 2.65 bits per heavy atom. The lowest BCUT2D eigenvalue weighted by atomic mass is 10.1. The lowest BCUT2D eigenvalue weighted by Gasteiger charge is -2.16. The number of nitrogens with one attached hydrogen (secondary N) is 1. The predicted molar refractivity (Wildman–Crippen MR) is 100 cm³/mol. The highest BCUT2D eigenvalue weighted by atomic mass is 16.5. The Morgan fingerprint density at radius 1 is 1.19 bits per heavy atom. The Morgan fingerprint density at radius 2 is 1.92 bits per heavy atom. The molecule has 0 spiro atoms. The van der Waals surface area contributed by atoms with Gasteiger partial charge >= 0.3 is 0 Å². The minimum atomic E-state index is -0.159. The molecule has 5 heteroatoms. The Bertz CT molecular complexity index is 759. The van der Waals surface area contributed by atoms with Crippen LogP contribution in [0.1, 0.15) is 71.5 Å². The van der Waals surface area contributed by atoms with Crippen LogP contribution in [-0.4, -0.2) is 17.1 Å². The molecule has 1 amide bonds. The summed E-state index contributed by atoms with van der Waals surface area (Å²) >= 11 is 0. The molecule has 1 aliphatic carbocycles. The number of nitrogens with zero attached hydrogens (tertiary/aromatic N) is 1. The molecule has 5 nitrogen and oxygen atoms in total. The number of hydrogen-bond acceptors (Lipinski definition) is 4. The smallest absolute Gasteiger partial charge is 0.274 e. The number of carbonyl (C=O) groups excluding carboxylic acids is 1. The van der Waals surface area contributed by atoms with Crippen LogP contribution in [0.15, 0.2) is 22.7 Å². The second-order valence-corrected chi connectivity index (χ2v) is 7.21. The van der Waals surface area contributed by atoms with Gasteiger partial charge in [0.1, 0.15) is 18.1 Å². The van der Waals surface area contributed by atoms with E-state index in [1.807, 2.05) is 26.0 Å². The summed E-state index contributed by atoms with van der Waals surface area (Å²) in [7, 11) is 0. The molecule has 1 N–H and O–H groups in total. The molecule has 0 atom stereocenters. The monoisotopic (exact) mass is 356 g/mol. The third kappa shape index (κ3) is 4.26. The zero-order chi connectivity index (χ0) is 18.5. The fraction of sp³-hybridized carbons (Fsp3) is 0.524. The lowest BCUT2D eigenvalue weighted by molar-refractivity contribution is 0.0922. The summed E-state index contributed by atoms with van der Waals surface area (Å²) in [6, 6.07) is 6.20. The molecule has 1 heterocycles. The van der Waals surface area contributed by atoms with E-state index in [0.29, 0.717) is 11.5 Å². The van der Waals surface area contributed by atoms with Gasteiger partial charge < -0.3 is 14.6 Å². The number of aryl methyl sites for hydroxylation is 2. The zero-order valence-electron chi connectivity index (χ0n) is 15.9. The van der Waals surface area contributed by atoms with Crippen LogP contribution in [0, 0.1) is 20.8 Å². The number of ether oxygens (including phenoxy) is 1. The SMILES string of the molecule is Cc1cccc(OCc2c(C(=O)NC3CCCCCC3)noc2C)c1C. The molecule has 0 aliphatic heterocycles. The first kappa shape index (κ1) is 18.5. The van der Waals surface area contributed by atoms with Gasteiger partial charge in [0.2, 0.25) is 0 Å². The number of amides is 1. The predicted octanol–water partition coefficient (Wildman–Crippen LogP) is 4.63. The van der Waals surface area contributed by atoms with Gasteiger partial charge in [-0.15, -0.1) is 0 Å². The highest BCUT2D eigenvalue weighted by Crippen LogP contribution is 2.24. The molecule has 140 valence electrons. The maximum Gasteiger partial charge on any atom is 0.274 e. The normalized spacial score (nSPS) is 15.5. The molecule has 3 rings (SSSR count). The quantitative estimate of drug-likeness (QED) is 0.793. The van der Waals surface area contributed by atoms with Gasteiger partial charge in [0, 0.05) is 6.04 Å². The summed E-state index contributed by atoms with van der Waals surface area (Å²) < 4.78 is 11.2. The van der Waals surface area contributed by atoms with Crippen LogP contribution in [0.4, 0.5) is 0 Å². The molecular formula is C21H28N2O3. The third-order valence-corrected chi connectivity index (χ3v) is 5.32. The highest BCUT2D eigenvalue weighted by molar-refractivity contribution is 5.94. The standard InChI is InChI=1S/C21H28N2O3/c1-14-9-8-12-19(15(14)2)25-13-18-16(3)26-23-20(18)21(24)22-17-10-6-4-5-7-11-17/h8-9,12,17H,4-7,10-11,13H2,1-3H3,(H,22,24). The van der Waals surface area contributed by atoms with Crippen molar-refractivity contribution in [1.29, 1.82) is 0 Å². The van der Waals surface area contributed by atoms with Crippen LogP contribution in [0.25, 0.3) is 0 Å². The largest absolute Gasteiger partial charge is 0.488 e. The molecule has 26 heavy (non-hydrogen) atoms. The van der Waals surface area contributed by atoms with Crippen LogP contribution in [0.5, 0.6) is 5.75 Å². The Labute approximate surface area is 155 Å². The number of aromatic nitrogens is 1. The van der Waals surface area contributed by atoms with E-state index < -0.39 is 0 Å². The van der Waals surface area contributed by atoms with Gasteiger partial charge in [0.25, 0.3) is 5.91 Å². The molecule has 2 aromatic rings. The van der Waals surface area contributed by atoms with Gasteiger partial charge in [-0.25, -0.2) is 0 Å². The number of rotatable bonds is 5. The summed E-state index contributed by atoms with van der Waals surface area (Å²) in [6.07, 6.45) is 6.93. The molecule has 0 saturated heterocycles. The fourth-order valence-electron chi connectivity index (χ4n) is 3.45. The first-order chi connectivity index (χ1) is 12.6. The molecule has 1 aromatic heterocycles. The molecule has 0 radical (unpaired) electrons. The number of carbonyl (C=O) groups is 1. The third-order valence-electron chi connectivity index (χ3n) is 5.32. The summed E-state index contributed by atoms with van der Waals surface area (Å²) in [5.74, 6) is 1.29. The molecule has 1 aromatic carbocycles. The summed E-state index contributed by atoms with van der Waals surface area (Å²) in [6.45, 7) is 6.17. The first-order valence-electron chi connectivity index (χ1n) is 9.51. The lowest BCUT2D eigenvalue weighted by Crippen LogP contribution is -2.35. The number of benzene rings is 1. The van der Waals surface area contributed by atoms with Crippen molar-refractivity contribution in [3.05, 3.63) is 46.3 Å². The average molecular weight is 356 g/mol. The van der Waals surface area contributed by atoms with E-state index >= 15 is 0 Å². The topological polar surface area (TPSA) is 64.4 Å². The molecule has 0 unspecified atom stereocenters. The van der Waals surface area contributed by atoms with Gasteiger partial charge in [0.15, 0.2) is 5.69 Å². The average Bonchev–Trinajstić information content (AvgIpc) is 2.81. The zero-order valence-corrected chi connectivity index (χ0v) is 15.9. The number of hydrogen-bond donors (Lipinski definition) is 1. The van der Waals surface area contributed by atoms with E-state index in [1.165, 1.54) is 31.2 Å². The maximum atomic E-state index is 12.7. The minimum Gasteiger partial charge on any atom is -0.488 e. The Balaban J connectivity index is 1.69. The van der Waals surface area contributed by atoms with Crippen molar-refractivity contribution in [2.24, 2.45) is 0 Å². The van der Waals surface area contributed by atoms with Crippen molar-refractivity contribution < 1.29 is 14.1 Å². The van der Waals surface area contributed by atoms with Gasteiger partial charge in [-0.05, 0) is 50.8 Å². The Hall–Kier alpha value is -2.30. The molecule has 0 bridgehead atoms. The van der Waals surface area contributed by atoms with Crippen molar-refractivity contribution in [1.82, 2.24) is 10.5 Å². The van der Waals surface area contributed by atoms with Gasteiger partial charge in [0.05, 0.1) is 5.56 Å². The van der Waals surface area contributed by atoms with Crippen molar-refractivity contribution in [3.63, 3.8) is 0 Å².